The van der Waals surface area contributed by atoms with E-state index < -0.39 is 57.2 Å². The third kappa shape index (κ3) is 8.09. The predicted octanol–water partition coefficient (Wildman–Crippen LogP) is 8.49. The second-order valence-corrected chi connectivity index (χ2v) is 15.7. The SMILES string of the molecule is CS(=O)(=O)O.O=C1c2cccc3c2c(cc2ccc(C(F)(F)F)cc23)C(=O)N1CCCCNCCCN1C(=O)c2cccc3c2c(cc2ccc(C(F)(F)F)cc23)C1=O. The van der Waals surface area contributed by atoms with Crippen LogP contribution in [0, 0.1) is 0 Å². The third-order valence-corrected chi connectivity index (χ3v) is 10.2. The molecule has 0 aromatic heterocycles. The van der Waals surface area contributed by atoms with E-state index in [9.17, 15) is 53.9 Å². The van der Waals surface area contributed by atoms with Crippen molar-refractivity contribution >= 4 is 76.8 Å². The van der Waals surface area contributed by atoms with E-state index in [4.69, 9.17) is 4.55 Å². The highest BCUT2D eigenvalue weighted by Gasteiger charge is 2.36. The van der Waals surface area contributed by atoms with Crippen LogP contribution in [0.4, 0.5) is 26.3 Å². The highest BCUT2D eigenvalue weighted by molar-refractivity contribution is 7.85. The Kier molecular flexibility index (Phi) is 10.7. The lowest BCUT2D eigenvalue weighted by molar-refractivity contribution is -0.138. The standard InChI is InChI=1S/C41H29F6N3O4.CH4O3S/c42-40(43,44)24-12-10-22-18-32-34-26(30(22)20-24)6-3-8-28(34)36(51)49(38(32)53)16-2-1-14-48-15-5-17-50-37(52)29-9-4-7-27-31-21-25(41(45,46)47)13-11-23(31)19-33(35(27)29)39(50)54;1-5(2,3)4/h3-4,6-13,18-21,48H,1-2,5,14-17H2;1H3,(H,2,3,4). The largest absolute Gasteiger partial charge is 0.416 e. The summed E-state index contributed by atoms with van der Waals surface area (Å²) < 4.78 is 107. The van der Waals surface area contributed by atoms with Crippen molar-refractivity contribution in [3.63, 3.8) is 0 Å². The monoisotopic (exact) mass is 837 g/mol. The molecule has 2 N–H and O–H groups in total. The van der Waals surface area contributed by atoms with E-state index in [-0.39, 0.29) is 35.3 Å². The van der Waals surface area contributed by atoms with E-state index in [1.807, 2.05) is 0 Å². The van der Waals surface area contributed by atoms with Crippen LogP contribution in [0.3, 0.4) is 0 Å². The van der Waals surface area contributed by atoms with Crippen LogP contribution in [0.5, 0.6) is 0 Å². The van der Waals surface area contributed by atoms with Gasteiger partial charge in [-0.15, -0.1) is 0 Å². The van der Waals surface area contributed by atoms with Crippen molar-refractivity contribution in [2.75, 3.05) is 32.4 Å². The summed E-state index contributed by atoms with van der Waals surface area (Å²) in [5.41, 5.74) is -0.621. The number of carbonyl (C=O) groups is 4. The number of rotatable bonds is 9. The van der Waals surface area contributed by atoms with Gasteiger partial charge in [-0.2, -0.15) is 34.8 Å². The summed E-state index contributed by atoms with van der Waals surface area (Å²) in [6.45, 7) is 1.21. The summed E-state index contributed by atoms with van der Waals surface area (Å²) in [6.07, 6.45) is -6.89. The minimum atomic E-state index is -4.55. The maximum absolute atomic E-state index is 13.6. The van der Waals surface area contributed by atoms with E-state index in [2.05, 4.69) is 5.32 Å². The fourth-order valence-corrected chi connectivity index (χ4v) is 7.65. The van der Waals surface area contributed by atoms with Gasteiger partial charge in [0.1, 0.15) is 0 Å². The van der Waals surface area contributed by atoms with Gasteiger partial charge in [0.15, 0.2) is 0 Å². The minimum absolute atomic E-state index is 0.111. The van der Waals surface area contributed by atoms with Crippen molar-refractivity contribution in [1.82, 2.24) is 15.1 Å². The molecular formula is C42H33F6N3O7S. The molecule has 6 aromatic rings. The van der Waals surface area contributed by atoms with Gasteiger partial charge in [-0.25, -0.2) is 0 Å². The number of hydrogen-bond donors (Lipinski definition) is 2. The first-order valence-corrected chi connectivity index (χ1v) is 20.1. The molecule has 306 valence electrons. The first-order chi connectivity index (χ1) is 27.7. The molecule has 0 saturated carbocycles. The highest BCUT2D eigenvalue weighted by Crippen LogP contribution is 2.40. The van der Waals surface area contributed by atoms with Crippen LogP contribution < -0.4 is 5.32 Å². The zero-order valence-electron chi connectivity index (χ0n) is 31.0. The number of carbonyl (C=O) groups excluding carboxylic acids is 4. The van der Waals surface area contributed by atoms with Gasteiger partial charge in [-0.3, -0.25) is 33.5 Å². The Morgan fingerprint density at radius 3 is 1.36 bits per heavy atom. The molecule has 0 saturated heterocycles. The number of nitrogens with one attached hydrogen (secondary N) is 1. The number of imide groups is 2. The quantitative estimate of drug-likeness (QED) is 0.0486. The zero-order chi connectivity index (χ0) is 42.6. The van der Waals surface area contributed by atoms with Crippen molar-refractivity contribution in [3.8, 4) is 0 Å². The van der Waals surface area contributed by atoms with Crippen LogP contribution in [0.15, 0.2) is 84.9 Å². The molecule has 10 nitrogen and oxygen atoms in total. The van der Waals surface area contributed by atoms with Crippen LogP contribution in [-0.2, 0) is 22.5 Å². The lowest BCUT2D eigenvalue weighted by atomic mass is 9.89. The number of fused-ring (bicyclic) bond motifs is 4. The minimum Gasteiger partial charge on any atom is -0.317 e. The predicted molar refractivity (Wildman–Crippen MR) is 208 cm³/mol. The lowest BCUT2D eigenvalue weighted by Gasteiger charge is -2.28. The summed E-state index contributed by atoms with van der Waals surface area (Å²) in [4.78, 5) is 56.3. The molecule has 8 rings (SSSR count). The number of unbranched alkanes of at least 4 members (excludes halogenated alkanes) is 1. The summed E-state index contributed by atoms with van der Waals surface area (Å²) in [5, 5.41) is 6.27. The van der Waals surface area contributed by atoms with Gasteiger partial charge in [0.25, 0.3) is 33.7 Å². The molecule has 0 fully saturated rings. The molecule has 0 aliphatic carbocycles. The Balaban J connectivity index is 0.000000997. The summed E-state index contributed by atoms with van der Waals surface area (Å²) in [6, 6.07) is 19.3. The Morgan fingerprint density at radius 1 is 0.542 bits per heavy atom. The molecule has 6 aromatic carbocycles. The second-order valence-electron chi connectivity index (χ2n) is 14.2. The van der Waals surface area contributed by atoms with Crippen LogP contribution >= 0.6 is 0 Å². The first kappa shape index (κ1) is 41.3. The topological polar surface area (TPSA) is 141 Å². The number of nitrogens with zero attached hydrogens (tertiary/aromatic N) is 2. The molecule has 17 heteroatoms. The maximum atomic E-state index is 13.6. The van der Waals surface area contributed by atoms with Crippen LogP contribution in [0.25, 0.3) is 43.1 Å². The van der Waals surface area contributed by atoms with Gasteiger partial charge in [0.2, 0.25) is 0 Å². The van der Waals surface area contributed by atoms with Gasteiger partial charge in [-0.05, 0) is 113 Å². The first-order valence-electron chi connectivity index (χ1n) is 18.2. The Labute approximate surface area is 332 Å². The number of amides is 4. The summed E-state index contributed by atoms with van der Waals surface area (Å²) in [5.74, 6) is -2.05. The van der Waals surface area contributed by atoms with Gasteiger partial charge in [0.05, 0.1) is 17.4 Å². The Morgan fingerprint density at radius 2 is 0.932 bits per heavy atom. The number of halogens is 6. The van der Waals surface area contributed by atoms with Crippen molar-refractivity contribution < 1.29 is 58.5 Å². The van der Waals surface area contributed by atoms with Gasteiger partial charge < -0.3 is 5.32 Å². The molecule has 0 bridgehead atoms. The molecule has 0 atom stereocenters. The molecular weight excluding hydrogens is 805 g/mol. The molecule has 0 unspecified atom stereocenters. The Hall–Kier alpha value is -5.91. The Bertz CT molecular complexity index is 2670. The third-order valence-electron chi connectivity index (χ3n) is 10.2. The van der Waals surface area contributed by atoms with Crippen molar-refractivity contribution in [1.29, 1.82) is 0 Å². The fraction of sp³-hybridized carbons (Fsp3) is 0.238. The van der Waals surface area contributed by atoms with Gasteiger partial charge in [-0.1, -0.05) is 36.4 Å². The van der Waals surface area contributed by atoms with E-state index in [0.29, 0.717) is 81.7 Å². The average Bonchev–Trinajstić information content (AvgIpc) is 3.17. The van der Waals surface area contributed by atoms with Gasteiger partial charge in [0, 0.05) is 46.1 Å². The fourth-order valence-electron chi connectivity index (χ4n) is 7.65. The van der Waals surface area contributed by atoms with Crippen molar-refractivity contribution in [3.05, 3.63) is 118 Å². The van der Waals surface area contributed by atoms with E-state index in [1.165, 1.54) is 24.3 Å². The molecule has 2 aliphatic rings. The summed E-state index contributed by atoms with van der Waals surface area (Å²) >= 11 is 0. The number of alkyl halides is 6. The summed E-state index contributed by atoms with van der Waals surface area (Å²) in [7, 11) is -3.67. The highest BCUT2D eigenvalue weighted by atomic mass is 32.2. The number of hydrogen-bond acceptors (Lipinski definition) is 7. The molecule has 4 amide bonds. The average molecular weight is 838 g/mol. The second kappa shape index (κ2) is 15.4. The van der Waals surface area contributed by atoms with E-state index in [0.717, 1.165) is 34.1 Å². The van der Waals surface area contributed by atoms with Crippen molar-refractivity contribution in [2.45, 2.75) is 31.6 Å². The molecule has 0 radical (unpaired) electrons. The molecule has 2 aliphatic heterocycles. The lowest BCUT2D eigenvalue weighted by Crippen LogP contribution is -2.41. The smallest absolute Gasteiger partial charge is 0.317 e. The van der Waals surface area contributed by atoms with Crippen LogP contribution in [-0.4, -0.2) is 78.8 Å². The van der Waals surface area contributed by atoms with Crippen LogP contribution in [0.2, 0.25) is 0 Å². The maximum Gasteiger partial charge on any atom is 0.416 e. The van der Waals surface area contributed by atoms with E-state index >= 15 is 0 Å². The van der Waals surface area contributed by atoms with Crippen molar-refractivity contribution in [2.24, 2.45) is 0 Å². The van der Waals surface area contributed by atoms with E-state index in [1.54, 1.807) is 36.4 Å². The van der Waals surface area contributed by atoms with Gasteiger partial charge >= 0.3 is 12.4 Å². The normalized spacial score (nSPS) is 14.5. The zero-order valence-corrected chi connectivity index (χ0v) is 31.8. The molecule has 2 heterocycles. The van der Waals surface area contributed by atoms with Crippen LogP contribution in [0.1, 0.15) is 71.8 Å². The molecule has 59 heavy (non-hydrogen) atoms. The molecule has 0 spiro atoms. The number of benzene rings is 6.